The first kappa shape index (κ1) is 8.99. The molecule has 1 heterocycles. The van der Waals surface area contributed by atoms with Crippen molar-refractivity contribution in [3.8, 4) is 0 Å². The molecule has 1 rings (SSSR count). The van der Waals surface area contributed by atoms with Gasteiger partial charge in [-0.25, -0.2) is 0 Å². The van der Waals surface area contributed by atoms with Crippen LogP contribution in [0.25, 0.3) is 0 Å². The van der Waals surface area contributed by atoms with Gasteiger partial charge in [-0.1, -0.05) is 0 Å². The van der Waals surface area contributed by atoms with Gasteiger partial charge < -0.3 is 16.0 Å². The van der Waals surface area contributed by atoms with Gasteiger partial charge in [0.1, 0.15) is 0 Å². The number of nitrogens with one attached hydrogen (secondary N) is 2. The number of nitrogens with zero attached hydrogens (tertiary/aromatic N) is 1. The summed E-state index contributed by atoms with van der Waals surface area (Å²) >= 11 is 0. The molecule has 0 aromatic heterocycles. The van der Waals surface area contributed by atoms with Gasteiger partial charge in [-0.15, -0.1) is 0 Å². The third kappa shape index (κ3) is 1.73. The second kappa shape index (κ2) is 3.53. The Morgan fingerprint density at radius 1 is 1.75 bits per heavy atom. The van der Waals surface area contributed by atoms with Gasteiger partial charge in [-0.05, 0) is 6.42 Å². The van der Waals surface area contributed by atoms with Crippen LogP contribution in [0.5, 0.6) is 0 Å². The van der Waals surface area contributed by atoms with Crippen LogP contribution in [0.4, 0.5) is 0 Å². The second-order valence-electron chi connectivity index (χ2n) is 2.92. The van der Waals surface area contributed by atoms with Crippen LogP contribution in [0.2, 0.25) is 0 Å². The molecule has 0 aromatic carbocycles. The van der Waals surface area contributed by atoms with Gasteiger partial charge in [0.15, 0.2) is 5.84 Å². The lowest BCUT2D eigenvalue weighted by Gasteiger charge is -2.15. The van der Waals surface area contributed by atoms with Crippen molar-refractivity contribution in [3.05, 3.63) is 0 Å². The van der Waals surface area contributed by atoms with Gasteiger partial charge in [0.05, 0.1) is 0 Å². The number of carbonyl (C=O) groups excluding carboxylic acids is 1. The number of rotatable bonds is 0. The summed E-state index contributed by atoms with van der Waals surface area (Å²) in [6.07, 6.45) is 0.836. The Morgan fingerprint density at radius 3 is 2.83 bits per heavy atom. The number of hydrogen-bond acceptors (Lipinski definition) is 3. The van der Waals surface area contributed by atoms with Crippen molar-refractivity contribution in [3.63, 3.8) is 0 Å². The maximum Gasteiger partial charge on any atom is 0.288 e. The number of amidine groups is 1. The summed E-state index contributed by atoms with van der Waals surface area (Å²) in [7, 11) is 1.57. The minimum Gasteiger partial charge on any atom is -0.369 e. The van der Waals surface area contributed by atoms with Crippen LogP contribution in [-0.2, 0) is 4.79 Å². The molecule has 1 amide bonds. The molecule has 12 heavy (non-hydrogen) atoms. The molecule has 5 nitrogen and oxygen atoms in total. The number of hydrogen-bond donors (Lipinski definition) is 3. The zero-order valence-electron chi connectivity index (χ0n) is 7.13. The average Bonchev–Trinajstić information content (AvgIpc) is 2.49. The van der Waals surface area contributed by atoms with Crippen LogP contribution in [-0.4, -0.2) is 42.8 Å². The summed E-state index contributed by atoms with van der Waals surface area (Å²) in [6, 6.07) is 0.0820. The number of amides is 1. The Labute approximate surface area is 71.4 Å². The minimum atomic E-state index is -0.259. The zero-order valence-corrected chi connectivity index (χ0v) is 7.13. The lowest BCUT2D eigenvalue weighted by atomic mass is 10.3. The molecular formula is C7H14N4O. The van der Waals surface area contributed by atoms with E-state index in [9.17, 15) is 4.79 Å². The van der Waals surface area contributed by atoms with E-state index in [2.05, 4.69) is 5.32 Å². The highest BCUT2D eigenvalue weighted by atomic mass is 16.2. The second-order valence-corrected chi connectivity index (χ2v) is 2.92. The standard InChI is InChI=1S/C7H14N4O/c1-10-6(9)7(12)11-3-2-5(8)4-11/h5H,2-4,8H2,1H3,(H2,9,10). The molecule has 68 valence electrons. The highest BCUT2D eigenvalue weighted by molar-refractivity contribution is 6.36. The van der Waals surface area contributed by atoms with E-state index in [0.717, 1.165) is 6.42 Å². The van der Waals surface area contributed by atoms with E-state index in [1.54, 1.807) is 11.9 Å². The van der Waals surface area contributed by atoms with Crippen molar-refractivity contribution in [1.82, 2.24) is 10.2 Å². The maximum atomic E-state index is 11.3. The SMILES string of the molecule is CNC(=N)C(=O)N1CCC(N)C1. The van der Waals surface area contributed by atoms with Gasteiger partial charge in [-0.3, -0.25) is 10.2 Å². The molecule has 1 aliphatic heterocycles. The first-order chi connectivity index (χ1) is 5.65. The third-order valence-corrected chi connectivity index (χ3v) is 1.98. The van der Waals surface area contributed by atoms with Crippen molar-refractivity contribution in [1.29, 1.82) is 5.41 Å². The predicted molar refractivity (Wildman–Crippen MR) is 46.0 cm³/mol. The fourth-order valence-corrected chi connectivity index (χ4v) is 1.24. The Morgan fingerprint density at radius 2 is 2.42 bits per heavy atom. The summed E-state index contributed by atoms with van der Waals surface area (Å²) in [4.78, 5) is 12.9. The maximum absolute atomic E-state index is 11.3. The van der Waals surface area contributed by atoms with Crippen molar-refractivity contribution >= 4 is 11.7 Å². The van der Waals surface area contributed by atoms with E-state index < -0.39 is 0 Å². The lowest BCUT2D eigenvalue weighted by molar-refractivity contribution is -0.123. The minimum absolute atomic E-state index is 0.0656. The summed E-state index contributed by atoms with van der Waals surface area (Å²) in [5, 5.41) is 9.74. The summed E-state index contributed by atoms with van der Waals surface area (Å²) in [5.41, 5.74) is 5.62. The molecule has 1 fully saturated rings. The Balaban J connectivity index is 2.48. The van der Waals surface area contributed by atoms with E-state index in [1.807, 2.05) is 0 Å². The number of likely N-dealkylation sites (N-methyl/N-ethyl adjacent to an activating group) is 1. The average molecular weight is 170 g/mol. The number of nitrogens with two attached hydrogens (primary N) is 1. The van der Waals surface area contributed by atoms with Crippen LogP contribution in [0.15, 0.2) is 0 Å². The molecule has 1 saturated heterocycles. The third-order valence-electron chi connectivity index (χ3n) is 1.98. The van der Waals surface area contributed by atoms with Crippen LogP contribution >= 0.6 is 0 Å². The molecule has 1 atom stereocenters. The van der Waals surface area contributed by atoms with Crippen LogP contribution in [0, 0.1) is 5.41 Å². The van der Waals surface area contributed by atoms with Crippen LogP contribution in [0.3, 0.4) is 0 Å². The van der Waals surface area contributed by atoms with Gasteiger partial charge in [0.25, 0.3) is 5.91 Å². The van der Waals surface area contributed by atoms with Crippen molar-refractivity contribution in [2.24, 2.45) is 5.73 Å². The van der Waals surface area contributed by atoms with Gasteiger partial charge >= 0.3 is 0 Å². The molecule has 0 aromatic rings. The normalized spacial score (nSPS) is 22.5. The molecule has 0 spiro atoms. The summed E-state index contributed by atoms with van der Waals surface area (Å²) in [6.45, 7) is 1.24. The van der Waals surface area contributed by atoms with E-state index >= 15 is 0 Å². The quantitative estimate of drug-likeness (QED) is 0.313. The van der Waals surface area contributed by atoms with Crippen LogP contribution in [0.1, 0.15) is 6.42 Å². The van der Waals surface area contributed by atoms with Gasteiger partial charge in [0.2, 0.25) is 0 Å². The summed E-state index contributed by atoms with van der Waals surface area (Å²) < 4.78 is 0. The van der Waals surface area contributed by atoms with Crippen molar-refractivity contribution < 1.29 is 4.79 Å². The molecule has 0 aliphatic carbocycles. The summed E-state index contributed by atoms with van der Waals surface area (Å²) in [5.74, 6) is -0.324. The van der Waals surface area contributed by atoms with Crippen molar-refractivity contribution in [2.45, 2.75) is 12.5 Å². The van der Waals surface area contributed by atoms with Crippen LogP contribution < -0.4 is 11.1 Å². The Hall–Kier alpha value is -1.10. The molecule has 4 N–H and O–H groups in total. The Bertz CT molecular complexity index is 204. The van der Waals surface area contributed by atoms with Gasteiger partial charge in [0, 0.05) is 26.2 Å². The van der Waals surface area contributed by atoms with Crippen molar-refractivity contribution in [2.75, 3.05) is 20.1 Å². The molecule has 5 heteroatoms. The van der Waals surface area contributed by atoms with E-state index in [-0.39, 0.29) is 17.8 Å². The molecular weight excluding hydrogens is 156 g/mol. The zero-order chi connectivity index (χ0) is 9.14. The lowest BCUT2D eigenvalue weighted by Crippen LogP contribution is -2.41. The predicted octanol–water partition coefficient (Wildman–Crippen LogP) is -1.26. The Kier molecular flexibility index (Phi) is 2.65. The highest BCUT2D eigenvalue weighted by Gasteiger charge is 2.25. The molecule has 0 radical (unpaired) electrons. The molecule has 0 bridgehead atoms. The van der Waals surface area contributed by atoms with E-state index in [1.165, 1.54) is 0 Å². The first-order valence-electron chi connectivity index (χ1n) is 3.96. The monoisotopic (exact) mass is 170 g/mol. The fourth-order valence-electron chi connectivity index (χ4n) is 1.24. The topological polar surface area (TPSA) is 82.2 Å². The van der Waals surface area contributed by atoms with Gasteiger partial charge in [-0.2, -0.15) is 0 Å². The molecule has 0 saturated carbocycles. The highest BCUT2D eigenvalue weighted by Crippen LogP contribution is 2.06. The smallest absolute Gasteiger partial charge is 0.288 e. The number of likely N-dealkylation sites (tertiary alicyclic amines) is 1. The van der Waals surface area contributed by atoms with E-state index in [0.29, 0.717) is 13.1 Å². The van der Waals surface area contributed by atoms with E-state index in [4.69, 9.17) is 11.1 Å². The number of carbonyl (C=O) groups is 1. The molecule has 1 unspecified atom stereocenters. The first-order valence-corrected chi connectivity index (χ1v) is 3.96. The molecule has 1 aliphatic rings. The fraction of sp³-hybridized carbons (Fsp3) is 0.714. The largest absolute Gasteiger partial charge is 0.369 e.